The summed E-state index contributed by atoms with van der Waals surface area (Å²) in [5.74, 6) is 0.322. The molecule has 1 amide bonds. The normalized spacial score (nSPS) is 17.0. The smallest absolute Gasteiger partial charge is 0.363 e. The number of piperidine rings is 1. The van der Waals surface area contributed by atoms with Crippen LogP contribution in [0.3, 0.4) is 0 Å². The van der Waals surface area contributed by atoms with Crippen molar-refractivity contribution in [2.75, 3.05) is 13.1 Å². The Kier molecular flexibility index (Phi) is 3.63. The van der Waals surface area contributed by atoms with Crippen LogP contribution in [0, 0.1) is 0 Å². The lowest BCUT2D eigenvalue weighted by atomic mass is 9.95. The van der Waals surface area contributed by atoms with E-state index in [0.717, 1.165) is 12.1 Å². The lowest BCUT2D eigenvalue weighted by Crippen LogP contribution is -2.38. The summed E-state index contributed by atoms with van der Waals surface area (Å²) < 4.78 is 42.6. The first-order valence-corrected chi connectivity index (χ1v) is 6.77. The second kappa shape index (κ2) is 5.47. The zero-order chi connectivity index (χ0) is 15.7. The molecule has 0 unspecified atom stereocenters. The summed E-state index contributed by atoms with van der Waals surface area (Å²) in [4.78, 5) is 20.8. The van der Waals surface area contributed by atoms with Crippen LogP contribution in [0.4, 0.5) is 13.2 Å². The van der Waals surface area contributed by atoms with Crippen LogP contribution in [-0.4, -0.2) is 39.0 Å². The van der Waals surface area contributed by atoms with Gasteiger partial charge in [0.05, 0.1) is 0 Å². The largest absolute Gasteiger partial charge is 0.437 e. The first-order chi connectivity index (χ1) is 10.5. The molecule has 1 saturated heterocycles. The second-order valence-corrected chi connectivity index (χ2v) is 5.12. The molecule has 1 aliphatic rings. The molecular formula is C13H13F3N4O2. The van der Waals surface area contributed by atoms with E-state index < -0.39 is 23.3 Å². The predicted molar refractivity (Wildman–Crippen MR) is 68.0 cm³/mol. The molecule has 118 valence electrons. The van der Waals surface area contributed by atoms with E-state index >= 15 is 0 Å². The fourth-order valence-electron chi connectivity index (χ4n) is 2.62. The van der Waals surface area contributed by atoms with Crippen molar-refractivity contribution in [2.24, 2.45) is 0 Å². The maximum Gasteiger partial charge on any atom is 0.437 e. The van der Waals surface area contributed by atoms with E-state index in [-0.39, 0.29) is 5.92 Å². The number of nitrogens with one attached hydrogen (secondary N) is 1. The van der Waals surface area contributed by atoms with Crippen LogP contribution in [0.2, 0.25) is 0 Å². The van der Waals surface area contributed by atoms with Gasteiger partial charge in [-0.2, -0.15) is 13.2 Å². The Labute approximate surface area is 123 Å². The van der Waals surface area contributed by atoms with Gasteiger partial charge < -0.3 is 14.4 Å². The highest BCUT2D eigenvalue weighted by molar-refractivity contribution is 5.95. The monoisotopic (exact) mass is 314 g/mol. The fourth-order valence-corrected chi connectivity index (χ4v) is 2.62. The Morgan fingerprint density at radius 3 is 2.68 bits per heavy atom. The minimum atomic E-state index is -4.70. The zero-order valence-corrected chi connectivity index (χ0v) is 11.4. The number of hydrogen-bond donors (Lipinski definition) is 1. The molecule has 0 bridgehead atoms. The van der Waals surface area contributed by atoms with Crippen molar-refractivity contribution in [3.63, 3.8) is 0 Å². The minimum Gasteiger partial charge on any atom is -0.363 e. The van der Waals surface area contributed by atoms with Crippen LogP contribution in [0.5, 0.6) is 0 Å². The first-order valence-electron chi connectivity index (χ1n) is 6.77. The van der Waals surface area contributed by atoms with Gasteiger partial charge in [-0.25, -0.2) is 4.98 Å². The van der Waals surface area contributed by atoms with Crippen LogP contribution < -0.4 is 0 Å². The van der Waals surface area contributed by atoms with E-state index in [4.69, 9.17) is 0 Å². The number of carbonyl (C=O) groups is 1. The van der Waals surface area contributed by atoms with Crippen LogP contribution in [0.15, 0.2) is 23.2 Å². The highest BCUT2D eigenvalue weighted by Crippen LogP contribution is 2.32. The maximum atomic E-state index is 12.8. The first kappa shape index (κ1) is 14.6. The molecule has 3 heterocycles. The number of nitrogens with zero attached hydrogens (tertiary/aromatic N) is 3. The lowest BCUT2D eigenvalue weighted by molar-refractivity contribution is -0.143. The molecule has 0 radical (unpaired) electrons. The average molecular weight is 314 g/mol. The van der Waals surface area contributed by atoms with E-state index in [1.165, 1.54) is 4.90 Å². The van der Waals surface area contributed by atoms with Crippen LogP contribution in [0.1, 0.15) is 40.6 Å². The topological polar surface area (TPSA) is 75.0 Å². The van der Waals surface area contributed by atoms with E-state index in [1.54, 1.807) is 12.4 Å². The van der Waals surface area contributed by atoms with Gasteiger partial charge in [0.15, 0.2) is 5.69 Å². The van der Waals surface area contributed by atoms with Gasteiger partial charge in [-0.15, -0.1) is 0 Å². The molecule has 0 aromatic carbocycles. The number of likely N-dealkylation sites (tertiary alicyclic amines) is 1. The van der Waals surface area contributed by atoms with Crippen molar-refractivity contribution >= 4 is 5.91 Å². The van der Waals surface area contributed by atoms with Gasteiger partial charge >= 0.3 is 6.18 Å². The number of amides is 1. The van der Waals surface area contributed by atoms with Crippen LogP contribution in [-0.2, 0) is 6.18 Å². The van der Waals surface area contributed by atoms with Gasteiger partial charge in [0.25, 0.3) is 5.91 Å². The predicted octanol–water partition coefficient (Wildman–Crippen LogP) is 2.44. The Morgan fingerprint density at radius 1 is 1.36 bits per heavy atom. The Bertz CT molecular complexity index is 643. The van der Waals surface area contributed by atoms with Gasteiger partial charge in [0.1, 0.15) is 17.7 Å². The molecule has 6 nitrogen and oxygen atoms in total. The molecule has 2 aromatic rings. The number of halogens is 3. The van der Waals surface area contributed by atoms with E-state index in [0.29, 0.717) is 25.9 Å². The highest BCUT2D eigenvalue weighted by Gasteiger charge is 2.41. The molecule has 2 aromatic heterocycles. The average Bonchev–Trinajstić information content (AvgIpc) is 3.17. The molecule has 0 saturated carbocycles. The van der Waals surface area contributed by atoms with Gasteiger partial charge in [-0.1, -0.05) is 5.16 Å². The van der Waals surface area contributed by atoms with E-state index in [2.05, 4.69) is 19.6 Å². The summed E-state index contributed by atoms with van der Waals surface area (Å²) in [6.45, 7) is 0.735. The third-order valence-electron chi connectivity index (χ3n) is 3.76. The van der Waals surface area contributed by atoms with E-state index in [9.17, 15) is 18.0 Å². The minimum absolute atomic E-state index is 0.184. The third kappa shape index (κ3) is 2.70. The van der Waals surface area contributed by atoms with Crippen molar-refractivity contribution in [1.82, 2.24) is 20.0 Å². The summed E-state index contributed by atoms with van der Waals surface area (Å²) in [7, 11) is 0. The van der Waals surface area contributed by atoms with Crippen molar-refractivity contribution in [3.8, 4) is 0 Å². The van der Waals surface area contributed by atoms with Crippen molar-refractivity contribution in [3.05, 3.63) is 35.7 Å². The molecule has 0 atom stereocenters. The van der Waals surface area contributed by atoms with Gasteiger partial charge in [-0.05, 0) is 12.8 Å². The number of aromatic amines is 1. The highest BCUT2D eigenvalue weighted by atomic mass is 19.4. The molecule has 1 N–H and O–H groups in total. The maximum absolute atomic E-state index is 12.8. The summed E-state index contributed by atoms with van der Waals surface area (Å²) in [6, 6.07) is 0. The zero-order valence-electron chi connectivity index (χ0n) is 11.4. The number of hydrogen-bond acceptors (Lipinski definition) is 4. The molecule has 9 heteroatoms. The number of carbonyl (C=O) groups excluding carboxylic acids is 1. The summed E-state index contributed by atoms with van der Waals surface area (Å²) >= 11 is 0. The molecule has 3 rings (SSSR count). The fraction of sp³-hybridized carbons (Fsp3) is 0.462. The van der Waals surface area contributed by atoms with Gasteiger partial charge in [0, 0.05) is 31.4 Å². The van der Waals surface area contributed by atoms with Gasteiger partial charge in [-0.3, -0.25) is 4.79 Å². The van der Waals surface area contributed by atoms with Crippen LogP contribution >= 0.6 is 0 Å². The summed E-state index contributed by atoms with van der Waals surface area (Å²) in [6.07, 6.45) is 0.714. The SMILES string of the molecule is O=C(c1conc1C(F)(F)F)N1CCC(c2ncc[nH]2)CC1. The molecule has 0 spiro atoms. The summed E-state index contributed by atoms with van der Waals surface area (Å²) in [5, 5.41) is 2.90. The number of H-pyrrole nitrogens is 1. The second-order valence-electron chi connectivity index (χ2n) is 5.12. The molecular weight excluding hydrogens is 301 g/mol. The number of alkyl halides is 3. The molecule has 0 aliphatic carbocycles. The molecule has 1 fully saturated rings. The third-order valence-corrected chi connectivity index (χ3v) is 3.76. The Hall–Kier alpha value is -2.32. The number of rotatable bonds is 2. The molecule has 22 heavy (non-hydrogen) atoms. The van der Waals surface area contributed by atoms with Crippen molar-refractivity contribution in [2.45, 2.75) is 24.9 Å². The summed E-state index contributed by atoms with van der Waals surface area (Å²) in [5.41, 5.74) is -1.81. The van der Waals surface area contributed by atoms with Crippen molar-refractivity contribution < 1.29 is 22.5 Å². The van der Waals surface area contributed by atoms with Crippen molar-refractivity contribution in [1.29, 1.82) is 0 Å². The Balaban J connectivity index is 1.69. The molecule has 1 aliphatic heterocycles. The standard InChI is InChI=1S/C13H13F3N4O2/c14-13(15,16)10-9(7-22-19-10)12(21)20-5-1-8(2-6-20)11-17-3-4-18-11/h3-4,7-8H,1-2,5-6H2,(H,17,18). The van der Waals surface area contributed by atoms with Crippen LogP contribution in [0.25, 0.3) is 0 Å². The number of imidazole rings is 1. The Morgan fingerprint density at radius 2 is 2.09 bits per heavy atom. The van der Waals surface area contributed by atoms with E-state index in [1.807, 2.05) is 0 Å². The quantitative estimate of drug-likeness (QED) is 0.924. The number of aromatic nitrogens is 3. The lowest BCUT2D eigenvalue weighted by Gasteiger charge is -2.31. The van der Waals surface area contributed by atoms with Gasteiger partial charge in [0.2, 0.25) is 0 Å².